The number of piperazine rings is 1. The smallest absolute Gasteiger partial charge is 0.338 e. The molecule has 0 radical (unpaired) electrons. The van der Waals surface area contributed by atoms with E-state index in [4.69, 9.17) is 9.47 Å². The molecule has 0 unspecified atom stereocenters. The molecule has 5 rings (SSSR count). The molecule has 0 bridgehead atoms. The lowest BCUT2D eigenvalue weighted by Gasteiger charge is -2.34. The van der Waals surface area contributed by atoms with E-state index in [1.165, 1.54) is 9.80 Å². The third-order valence-electron chi connectivity index (χ3n) is 6.74. The van der Waals surface area contributed by atoms with Gasteiger partial charge in [-0.25, -0.2) is 19.0 Å². The molecule has 2 aromatic heterocycles. The third kappa shape index (κ3) is 5.46. The minimum absolute atomic E-state index is 0.270. The highest BCUT2D eigenvalue weighted by Gasteiger charge is 2.26. The number of aromatic nitrogens is 6. The first-order chi connectivity index (χ1) is 19.4. The van der Waals surface area contributed by atoms with Gasteiger partial charge in [0.25, 0.3) is 11.8 Å². The van der Waals surface area contributed by atoms with Crippen LogP contribution in [0.3, 0.4) is 0 Å². The molecule has 0 spiro atoms. The van der Waals surface area contributed by atoms with Gasteiger partial charge in [-0.1, -0.05) is 10.4 Å². The fourth-order valence-corrected chi connectivity index (χ4v) is 4.47. The van der Waals surface area contributed by atoms with Crippen molar-refractivity contribution in [3.63, 3.8) is 0 Å². The average Bonchev–Trinajstić information content (AvgIpc) is 3.61. The van der Waals surface area contributed by atoms with E-state index in [2.05, 4.69) is 20.6 Å². The normalized spacial score (nSPS) is 13.6. The van der Waals surface area contributed by atoms with Crippen LogP contribution in [0.25, 0.3) is 22.1 Å². The van der Waals surface area contributed by atoms with Gasteiger partial charge in [0, 0.05) is 39.3 Å². The minimum Gasteiger partial charge on any atom is -0.452 e. The summed E-state index contributed by atoms with van der Waals surface area (Å²) in [7, 11) is 0. The maximum absolute atomic E-state index is 12.6. The molecule has 1 fully saturated rings. The zero-order chi connectivity index (χ0) is 28.2. The van der Waals surface area contributed by atoms with Crippen molar-refractivity contribution < 1.29 is 28.7 Å². The Labute approximate surface area is 228 Å². The van der Waals surface area contributed by atoms with Crippen LogP contribution in [-0.2, 0) is 32.2 Å². The van der Waals surface area contributed by atoms with Gasteiger partial charge in [0.15, 0.2) is 13.2 Å². The van der Waals surface area contributed by atoms with Gasteiger partial charge in [0.05, 0.1) is 22.2 Å². The van der Waals surface area contributed by atoms with E-state index >= 15 is 0 Å². The predicted octanol–water partition coefficient (Wildman–Crippen LogP) is 0.900. The summed E-state index contributed by atoms with van der Waals surface area (Å²) in [5.41, 5.74) is 3.29. The Morgan fingerprint density at radius 3 is 1.45 bits per heavy atom. The van der Waals surface area contributed by atoms with Crippen LogP contribution < -0.4 is 0 Å². The monoisotopic (exact) mass is 548 g/mol. The molecule has 40 heavy (non-hydrogen) atoms. The lowest BCUT2D eigenvalue weighted by Crippen LogP contribution is -2.52. The number of ether oxygens (including phenoxy) is 2. The Balaban J connectivity index is 1.06. The number of hydrogen-bond acceptors (Lipinski definition) is 10. The van der Waals surface area contributed by atoms with E-state index in [9.17, 15) is 19.2 Å². The largest absolute Gasteiger partial charge is 0.452 e. The van der Waals surface area contributed by atoms with Crippen LogP contribution in [0.4, 0.5) is 0 Å². The van der Waals surface area contributed by atoms with Gasteiger partial charge in [-0.15, -0.1) is 10.2 Å². The van der Waals surface area contributed by atoms with Crippen molar-refractivity contribution in [2.75, 3.05) is 39.4 Å². The Morgan fingerprint density at radius 1 is 0.675 bits per heavy atom. The molecule has 0 saturated carbocycles. The number of aryl methyl sites for hydroxylation is 2. The lowest BCUT2D eigenvalue weighted by molar-refractivity contribution is -0.142. The van der Waals surface area contributed by atoms with Crippen LogP contribution in [0.15, 0.2) is 36.4 Å². The number of amides is 2. The highest BCUT2D eigenvalue weighted by Crippen LogP contribution is 2.16. The summed E-state index contributed by atoms with van der Waals surface area (Å²) in [6.07, 6.45) is 0. The van der Waals surface area contributed by atoms with E-state index in [0.29, 0.717) is 24.1 Å². The summed E-state index contributed by atoms with van der Waals surface area (Å²) >= 11 is 0. The first-order valence-electron chi connectivity index (χ1n) is 12.9. The summed E-state index contributed by atoms with van der Waals surface area (Å²) in [6, 6.07) is 9.85. The summed E-state index contributed by atoms with van der Waals surface area (Å²) in [6.45, 7) is 5.44. The third-order valence-corrected chi connectivity index (χ3v) is 6.74. The van der Waals surface area contributed by atoms with Crippen LogP contribution in [0.1, 0.15) is 34.6 Å². The highest BCUT2D eigenvalue weighted by molar-refractivity contribution is 5.95. The quantitative estimate of drug-likeness (QED) is 0.290. The molecule has 0 atom stereocenters. The first-order valence-corrected chi connectivity index (χ1v) is 12.9. The molecule has 0 aliphatic carbocycles. The Kier molecular flexibility index (Phi) is 7.66. The lowest BCUT2D eigenvalue weighted by atomic mass is 10.2. The number of fused-ring (bicyclic) bond motifs is 2. The average molecular weight is 549 g/mol. The van der Waals surface area contributed by atoms with Gasteiger partial charge in [0.1, 0.15) is 11.0 Å². The number of carbonyl (C=O) groups is 4. The first kappa shape index (κ1) is 26.7. The maximum Gasteiger partial charge on any atom is 0.338 e. The zero-order valence-electron chi connectivity index (χ0n) is 22.1. The fraction of sp³-hybridized carbons (Fsp3) is 0.385. The maximum atomic E-state index is 12.6. The molecule has 1 aliphatic heterocycles. The number of carbonyl (C=O) groups excluding carboxylic acids is 4. The second-order valence-corrected chi connectivity index (χ2v) is 9.13. The van der Waals surface area contributed by atoms with Crippen molar-refractivity contribution >= 4 is 45.8 Å². The summed E-state index contributed by atoms with van der Waals surface area (Å²) in [4.78, 5) is 53.1. The van der Waals surface area contributed by atoms with Crippen LogP contribution in [0.2, 0.25) is 0 Å². The fourth-order valence-electron chi connectivity index (χ4n) is 4.47. The van der Waals surface area contributed by atoms with Gasteiger partial charge < -0.3 is 19.3 Å². The SMILES string of the molecule is CCn1nnc2cc(C(=O)OCC(=O)N3CCN(C(=O)COC(=O)c4ccc5c(c4)nnn5CC)CC3)ccc21. The Hall–Kier alpha value is -4.88. The van der Waals surface area contributed by atoms with Crippen LogP contribution in [0, 0.1) is 0 Å². The van der Waals surface area contributed by atoms with Crippen molar-refractivity contribution in [1.29, 1.82) is 0 Å². The molecule has 2 amide bonds. The second kappa shape index (κ2) is 11.5. The molecule has 208 valence electrons. The van der Waals surface area contributed by atoms with E-state index in [-0.39, 0.29) is 49.1 Å². The van der Waals surface area contributed by atoms with Crippen molar-refractivity contribution in [1.82, 2.24) is 39.8 Å². The summed E-state index contributed by atoms with van der Waals surface area (Å²) < 4.78 is 13.8. The van der Waals surface area contributed by atoms with Crippen molar-refractivity contribution in [2.24, 2.45) is 0 Å². The molecule has 1 saturated heterocycles. The molecule has 1 aliphatic rings. The van der Waals surface area contributed by atoms with Crippen LogP contribution >= 0.6 is 0 Å². The number of rotatable bonds is 8. The standard InChI is InChI=1S/C26H28N8O6/c1-3-33-21-7-5-17(13-19(21)27-29-33)25(37)39-15-23(35)31-9-11-32(12-10-31)24(36)16-40-26(38)18-6-8-22-20(14-18)28-30-34(22)4-2/h5-8,13-14H,3-4,9-12,15-16H2,1-2H3. The van der Waals surface area contributed by atoms with Crippen molar-refractivity contribution in [3.8, 4) is 0 Å². The van der Waals surface area contributed by atoms with Crippen LogP contribution in [0.5, 0.6) is 0 Å². The topological polar surface area (TPSA) is 155 Å². The van der Waals surface area contributed by atoms with Gasteiger partial charge in [-0.2, -0.15) is 0 Å². The number of benzene rings is 2. The van der Waals surface area contributed by atoms with E-state index in [1.807, 2.05) is 13.8 Å². The Bertz CT molecular complexity index is 1470. The molecule has 3 heterocycles. The van der Waals surface area contributed by atoms with Gasteiger partial charge >= 0.3 is 11.9 Å². The predicted molar refractivity (Wildman–Crippen MR) is 140 cm³/mol. The summed E-state index contributed by atoms with van der Waals surface area (Å²) in [5.74, 6) is -1.99. The van der Waals surface area contributed by atoms with Crippen LogP contribution in [-0.4, -0.2) is 103 Å². The molecule has 14 heteroatoms. The number of nitrogens with zero attached hydrogens (tertiary/aromatic N) is 8. The number of esters is 2. The second-order valence-electron chi connectivity index (χ2n) is 9.13. The highest BCUT2D eigenvalue weighted by atomic mass is 16.5. The molecule has 14 nitrogen and oxygen atoms in total. The summed E-state index contributed by atoms with van der Waals surface area (Å²) in [5, 5.41) is 16.1. The van der Waals surface area contributed by atoms with Crippen molar-refractivity contribution in [3.05, 3.63) is 47.5 Å². The minimum atomic E-state index is -0.633. The molecule has 2 aromatic carbocycles. The van der Waals surface area contributed by atoms with E-state index in [1.54, 1.807) is 45.8 Å². The van der Waals surface area contributed by atoms with Gasteiger partial charge in [0.2, 0.25) is 0 Å². The Morgan fingerprint density at radius 2 is 1.07 bits per heavy atom. The molecule has 4 aromatic rings. The van der Waals surface area contributed by atoms with E-state index in [0.717, 1.165) is 11.0 Å². The van der Waals surface area contributed by atoms with Crippen molar-refractivity contribution in [2.45, 2.75) is 26.9 Å². The molecular formula is C26H28N8O6. The molecule has 0 N–H and O–H groups in total. The zero-order valence-corrected chi connectivity index (χ0v) is 22.1. The van der Waals surface area contributed by atoms with E-state index < -0.39 is 25.2 Å². The van der Waals surface area contributed by atoms with Gasteiger partial charge in [-0.05, 0) is 50.2 Å². The van der Waals surface area contributed by atoms with Gasteiger partial charge in [-0.3, -0.25) is 9.59 Å². The molecular weight excluding hydrogens is 520 g/mol. The number of hydrogen-bond donors (Lipinski definition) is 0.